The molecule has 0 aromatic heterocycles. The molecule has 0 radical (unpaired) electrons. The zero-order valence-electron chi connectivity index (χ0n) is 11.1. The Morgan fingerprint density at radius 1 is 1.00 bits per heavy atom. The molecular formula is C17H15ClO2. The summed E-state index contributed by atoms with van der Waals surface area (Å²) in [6, 6.07) is 11.2. The Morgan fingerprint density at radius 2 is 1.80 bits per heavy atom. The highest BCUT2D eigenvalue weighted by Crippen LogP contribution is 2.30. The van der Waals surface area contributed by atoms with Gasteiger partial charge in [-0.1, -0.05) is 17.7 Å². The van der Waals surface area contributed by atoms with Gasteiger partial charge >= 0.3 is 0 Å². The smallest absolute Gasteiger partial charge is 0.153 e. The summed E-state index contributed by atoms with van der Waals surface area (Å²) in [6.45, 7) is 0. The average molecular weight is 287 g/mol. The zero-order chi connectivity index (χ0) is 13.9. The van der Waals surface area contributed by atoms with Crippen LogP contribution in [-0.2, 0) is 12.8 Å². The first-order valence-corrected chi connectivity index (χ1v) is 7.18. The molecule has 102 valence electrons. The van der Waals surface area contributed by atoms with Crippen LogP contribution < -0.4 is 4.74 Å². The van der Waals surface area contributed by atoms with E-state index < -0.39 is 0 Å². The lowest BCUT2D eigenvalue weighted by Crippen LogP contribution is -2.02. The van der Waals surface area contributed by atoms with Crippen molar-refractivity contribution in [1.82, 2.24) is 0 Å². The number of hydrogen-bond donors (Lipinski definition) is 0. The van der Waals surface area contributed by atoms with Crippen LogP contribution in [0, 0.1) is 0 Å². The summed E-state index contributed by atoms with van der Waals surface area (Å²) in [6.07, 6.45) is 5.51. The predicted molar refractivity (Wildman–Crippen MR) is 80.0 cm³/mol. The van der Waals surface area contributed by atoms with Crippen molar-refractivity contribution in [3.63, 3.8) is 0 Å². The largest absolute Gasteiger partial charge is 0.457 e. The summed E-state index contributed by atoms with van der Waals surface area (Å²) in [5, 5.41) is 0.532. The Morgan fingerprint density at radius 3 is 2.60 bits per heavy atom. The first kappa shape index (κ1) is 13.2. The van der Waals surface area contributed by atoms with Crippen molar-refractivity contribution < 1.29 is 9.53 Å². The van der Waals surface area contributed by atoms with E-state index >= 15 is 0 Å². The molecule has 3 rings (SSSR count). The number of ether oxygens (including phenoxy) is 1. The van der Waals surface area contributed by atoms with Crippen molar-refractivity contribution in [2.75, 3.05) is 0 Å². The van der Waals surface area contributed by atoms with Gasteiger partial charge in [-0.2, -0.15) is 0 Å². The molecule has 3 heteroatoms. The number of hydrogen-bond acceptors (Lipinski definition) is 2. The van der Waals surface area contributed by atoms with E-state index in [9.17, 15) is 4.79 Å². The zero-order valence-corrected chi connectivity index (χ0v) is 11.8. The second-order valence-corrected chi connectivity index (χ2v) is 5.48. The van der Waals surface area contributed by atoms with E-state index in [1.807, 2.05) is 6.07 Å². The van der Waals surface area contributed by atoms with Crippen LogP contribution >= 0.6 is 11.6 Å². The molecule has 0 saturated carbocycles. The first-order chi connectivity index (χ1) is 9.76. The number of carbonyl (C=O) groups excluding carboxylic acids is 1. The Labute approximate surface area is 123 Å². The number of rotatable bonds is 3. The molecule has 0 aliphatic heterocycles. The fourth-order valence-corrected chi connectivity index (χ4v) is 2.79. The fraction of sp³-hybridized carbons (Fsp3) is 0.235. The van der Waals surface area contributed by atoms with Crippen LogP contribution in [0.4, 0.5) is 0 Å². The van der Waals surface area contributed by atoms with Crippen LogP contribution in [0.1, 0.15) is 34.3 Å². The van der Waals surface area contributed by atoms with Gasteiger partial charge in [0.15, 0.2) is 6.29 Å². The number of benzene rings is 2. The van der Waals surface area contributed by atoms with Crippen molar-refractivity contribution in [2.45, 2.75) is 25.7 Å². The second kappa shape index (κ2) is 5.68. The van der Waals surface area contributed by atoms with Crippen molar-refractivity contribution in [3.05, 3.63) is 58.1 Å². The molecule has 2 aromatic rings. The molecule has 0 heterocycles. The van der Waals surface area contributed by atoms with Crippen LogP contribution in [0.5, 0.6) is 11.5 Å². The second-order valence-electron chi connectivity index (χ2n) is 5.04. The SMILES string of the molecule is O=Cc1cc(Cl)ccc1Oc1ccc2c(c1)CCCC2. The normalized spacial score (nSPS) is 13.7. The van der Waals surface area contributed by atoms with E-state index in [0.29, 0.717) is 16.3 Å². The minimum Gasteiger partial charge on any atom is -0.457 e. The van der Waals surface area contributed by atoms with E-state index in [1.54, 1.807) is 18.2 Å². The Kier molecular flexibility index (Phi) is 3.75. The molecule has 0 fully saturated rings. The highest BCUT2D eigenvalue weighted by molar-refractivity contribution is 6.30. The lowest BCUT2D eigenvalue weighted by Gasteiger charge is -2.17. The van der Waals surface area contributed by atoms with Gasteiger partial charge in [-0.05, 0) is 67.1 Å². The van der Waals surface area contributed by atoms with E-state index in [4.69, 9.17) is 16.3 Å². The van der Waals surface area contributed by atoms with Crippen molar-refractivity contribution in [1.29, 1.82) is 0 Å². The van der Waals surface area contributed by atoms with Crippen molar-refractivity contribution in [3.8, 4) is 11.5 Å². The van der Waals surface area contributed by atoms with Gasteiger partial charge in [-0.15, -0.1) is 0 Å². The number of aldehydes is 1. The number of fused-ring (bicyclic) bond motifs is 1. The highest BCUT2D eigenvalue weighted by atomic mass is 35.5. The van der Waals surface area contributed by atoms with Crippen LogP contribution in [-0.4, -0.2) is 6.29 Å². The first-order valence-electron chi connectivity index (χ1n) is 6.80. The molecule has 1 aliphatic carbocycles. The number of aryl methyl sites for hydroxylation is 2. The van der Waals surface area contributed by atoms with Gasteiger partial charge in [-0.25, -0.2) is 0 Å². The molecule has 0 bridgehead atoms. The monoisotopic (exact) mass is 286 g/mol. The standard InChI is InChI=1S/C17H15ClO2/c18-15-6-8-17(14(9-15)11-19)20-16-7-5-12-3-1-2-4-13(12)10-16/h5-11H,1-4H2. The van der Waals surface area contributed by atoms with Gasteiger partial charge in [-0.3, -0.25) is 4.79 Å². The lowest BCUT2D eigenvalue weighted by atomic mass is 9.92. The maximum atomic E-state index is 11.1. The molecule has 2 aromatic carbocycles. The van der Waals surface area contributed by atoms with Gasteiger partial charge in [0, 0.05) is 5.02 Å². The van der Waals surface area contributed by atoms with Gasteiger partial charge in [0.1, 0.15) is 11.5 Å². The molecular weight excluding hydrogens is 272 g/mol. The third-order valence-electron chi connectivity index (χ3n) is 3.65. The minimum absolute atomic E-state index is 0.468. The molecule has 0 saturated heterocycles. The molecule has 0 amide bonds. The van der Waals surface area contributed by atoms with Gasteiger partial charge in [0.25, 0.3) is 0 Å². The molecule has 1 aliphatic rings. The van der Waals surface area contributed by atoms with Crippen LogP contribution in [0.2, 0.25) is 5.02 Å². The minimum atomic E-state index is 0.468. The number of halogens is 1. The van der Waals surface area contributed by atoms with Crippen molar-refractivity contribution in [2.24, 2.45) is 0 Å². The number of carbonyl (C=O) groups is 1. The van der Waals surface area contributed by atoms with Crippen LogP contribution in [0.25, 0.3) is 0 Å². The highest BCUT2D eigenvalue weighted by Gasteiger charge is 2.11. The summed E-state index contributed by atoms with van der Waals surface area (Å²) in [4.78, 5) is 11.1. The summed E-state index contributed by atoms with van der Waals surface area (Å²) < 4.78 is 5.83. The molecule has 0 unspecified atom stereocenters. The maximum Gasteiger partial charge on any atom is 0.153 e. The Bertz CT molecular complexity index is 649. The fourth-order valence-electron chi connectivity index (χ4n) is 2.60. The molecule has 20 heavy (non-hydrogen) atoms. The quantitative estimate of drug-likeness (QED) is 0.756. The van der Waals surface area contributed by atoms with Gasteiger partial charge in [0.05, 0.1) is 5.56 Å². The summed E-state index contributed by atoms with van der Waals surface area (Å²) in [5.41, 5.74) is 3.24. The van der Waals surface area contributed by atoms with Gasteiger partial charge in [0.2, 0.25) is 0 Å². The lowest BCUT2D eigenvalue weighted by molar-refractivity contribution is 0.112. The summed E-state index contributed by atoms with van der Waals surface area (Å²) >= 11 is 5.88. The van der Waals surface area contributed by atoms with E-state index in [0.717, 1.165) is 24.9 Å². The molecule has 0 atom stereocenters. The third kappa shape index (κ3) is 2.70. The topological polar surface area (TPSA) is 26.3 Å². The van der Waals surface area contributed by atoms with Gasteiger partial charge < -0.3 is 4.74 Å². The summed E-state index contributed by atoms with van der Waals surface area (Å²) in [7, 11) is 0. The van der Waals surface area contributed by atoms with E-state index in [1.165, 1.54) is 24.0 Å². The van der Waals surface area contributed by atoms with E-state index in [-0.39, 0.29) is 0 Å². The van der Waals surface area contributed by atoms with Crippen LogP contribution in [0.15, 0.2) is 36.4 Å². The van der Waals surface area contributed by atoms with Crippen molar-refractivity contribution >= 4 is 17.9 Å². The third-order valence-corrected chi connectivity index (χ3v) is 3.88. The predicted octanol–water partition coefficient (Wildman–Crippen LogP) is 4.82. The molecule has 2 nitrogen and oxygen atoms in total. The Hall–Kier alpha value is -1.80. The van der Waals surface area contributed by atoms with E-state index in [2.05, 4.69) is 12.1 Å². The maximum absolute atomic E-state index is 11.1. The summed E-state index contributed by atoms with van der Waals surface area (Å²) in [5.74, 6) is 1.32. The van der Waals surface area contributed by atoms with Crippen LogP contribution in [0.3, 0.4) is 0 Å². The average Bonchev–Trinajstić information content (AvgIpc) is 2.49. The molecule has 0 N–H and O–H groups in total. The Balaban J connectivity index is 1.89. The molecule has 0 spiro atoms.